The minimum atomic E-state index is 0.0280. The highest BCUT2D eigenvalue weighted by Crippen LogP contribution is 2.18. The Hall–Kier alpha value is -1.34. The first-order valence-electron chi connectivity index (χ1n) is 7.06. The molecule has 1 aromatic heterocycles. The Morgan fingerprint density at radius 1 is 1.45 bits per heavy atom. The number of anilines is 1. The zero-order chi connectivity index (χ0) is 14.2. The van der Waals surface area contributed by atoms with E-state index in [0.29, 0.717) is 13.2 Å². The van der Waals surface area contributed by atoms with Crippen LogP contribution < -0.4 is 10.2 Å². The predicted molar refractivity (Wildman–Crippen MR) is 80.4 cm³/mol. The van der Waals surface area contributed by atoms with Gasteiger partial charge in [-0.15, -0.1) is 11.3 Å². The second-order valence-corrected chi connectivity index (χ2v) is 5.44. The maximum Gasteiger partial charge on any atom is 0.317 e. The summed E-state index contributed by atoms with van der Waals surface area (Å²) in [6.45, 7) is 7.26. The number of nitrogens with one attached hydrogen (secondary N) is 1. The van der Waals surface area contributed by atoms with Gasteiger partial charge in [-0.05, 0) is 13.3 Å². The number of nitrogens with zero attached hydrogens (tertiary/aromatic N) is 3. The first-order chi connectivity index (χ1) is 9.81. The molecular formula is C13H22N4O2S. The van der Waals surface area contributed by atoms with E-state index in [-0.39, 0.29) is 6.03 Å². The Balaban J connectivity index is 1.64. The van der Waals surface area contributed by atoms with Gasteiger partial charge in [0, 0.05) is 57.5 Å². The van der Waals surface area contributed by atoms with Crippen molar-refractivity contribution in [3.05, 3.63) is 11.6 Å². The number of urea groups is 1. The third kappa shape index (κ3) is 4.35. The SMILES string of the molecule is CCOCCCNC(=O)N1CCN(c2nccs2)CC1. The molecule has 0 bridgehead atoms. The monoisotopic (exact) mass is 298 g/mol. The molecule has 1 N–H and O–H groups in total. The van der Waals surface area contributed by atoms with Crippen molar-refractivity contribution >= 4 is 22.5 Å². The number of hydrogen-bond donors (Lipinski definition) is 1. The number of amides is 2. The lowest BCUT2D eigenvalue weighted by molar-refractivity contribution is 0.143. The van der Waals surface area contributed by atoms with Crippen LogP contribution in [-0.4, -0.2) is 61.9 Å². The van der Waals surface area contributed by atoms with Crippen LogP contribution in [0.3, 0.4) is 0 Å². The van der Waals surface area contributed by atoms with E-state index in [1.807, 2.05) is 23.4 Å². The van der Waals surface area contributed by atoms with Gasteiger partial charge in [0.1, 0.15) is 0 Å². The summed E-state index contributed by atoms with van der Waals surface area (Å²) in [5.74, 6) is 0. The Morgan fingerprint density at radius 3 is 2.90 bits per heavy atom. The number of hydrogen-bond acceptors (Lipinski definition) is 5. The van der Waals surface area contributed by atoms with Gasteiger partial charge in [0.2, 0.25) is 0 Å². The molecule has 1 saturated heterocycles. The molecule has 2 rings (SSSR count). The van der Waals surface area contributed by atoms with Crippen molar-refractivity contribution in [2.24, 2.45) is 0 Å². The molecule has 20 heavy (non-hydrogen) atoms. The fourth-order valence-corrected chi connectivity index (χ4v) is 2.80. The minimum absolute atomic E-state index is 0.0280. The summed E-state index contributed by atoms with van der Waals surface area (Å²) in [4.78, 5) is 20.4. The lowest BCUT2D eigenvalue weighted by Gasteiger charge is -2.34. The highest BCUT2D eigenvalue weighted by Gasteiger charge is 2.21. The van der Waals surface area contributed by atoms with Gasteiger partial charge in [-0.3, -0.25) is 0 Å². The topological polar surface area (TPSA) is 57.7 Å². The normalized spacial score (nSPS) is 15.4. The van der Waals surface area contributed by atoms with Gasteiger partial charge in [-0.2, -0.15) is 0 Å². The van der Waals surface area contributed by atoms with Gasteiger partial charge in [0.25, 0.3) is 0 Å². The summed E-state index contributed by atoms with van der Waals surface area (Å²) in [5, 5.41) is 5.96. The summed E-state index contributed by atoms with van der Waals surface area (Å²) in [6, 6.07) is 0.0280. The van der Waals surface area contributed by atoms with Crippen LogP contribution >= 0.6 is 11.3 Å². The number of rotatable bonds is 6. The average Bonchev–Trinajstić information content (AvgIpc) is 3.01. The maximum absolute atomic E-state index is 12.0. The molecule has 0 atom stereocenters. The van der Waals surface area contributed by atoms with E-state index in [4.69, 9.17) is 4.74 Å². The van der Waals surface area contributed by atoms with E-state index < -0.39 is 0 Å². The second kappa shape index (κ2) is 8.06. The highest BCUT2D eigenvalue weighted by molar-refractivity contribution is 7.13. The van der Waals surface area contributed by atoms with Crippen molar-refractivity contribution in [3.63, 3.8) is 0 Å². The lowest BCUT2D eigenvalue weighted by Crippen LogP contribution is -2.52. The molecule has 0 aliphatic carbocycles. The third-order valence-electron chi connectivity index (χ3n) is 3.20. The molecule has 2 heterocycles. The summed E-state index contributed by atoms with van der Waals surface area (Å²) in [5.41, 5.74) is 0. The van der Waals surface area contributed by atoms with Gasteiger partial charge in [0.15, 0.2) is 5.13 Å². The fourth-order valence-electron chi connectivity index (χ4n) is 2.10. The molecule has 1 aromatic rings. The van der Waals surface area contributed by atoms with Crippen molar-refractivity contribution in [2.45, 2.75) is 13.3 Å². The van der Waals surface area contributed by atoms with Crippen molar-refractivity contribution in [2.75, 3.05) is 50.8 Å². The number of carbonyl (C=O) groups excluding carboxylic acids is 1. The van der Waals surface area contributed by atoms with E-state index in [2.05, 4.69) is 15.2 Å². The smallest absolute Gasteiger partial charge is 0.317 e. The van der Waals surface area contributed by atoms with Crippen LogP contribution in [0.4, 0.5) is 9.93 Å². The van der Waals surface area contributed by atoms with Gasteiger partial charge >= 0.3 is 6.03 Å². The molecule has 0 saturated carbocycles. The Labute approximate surface area is 123 Å². The van der Waals surface area contributed by atoms with Crippen LogP contribution in [0, 0.1) is 0 Å². The van der Waals surface area contributed by atoms with E-state index in [9.17, 15) is 4.79 Å². The lowest BCUT2D eigenvalue weighted by atomic mass is 10.3. The number of ether oxygens (including phenoxy) is 1. The van der Waals surface area contributed by atoms with Crippen LogP contribution in [0.1, 0.15) is 13.3 Å². The van der Waals surface area contributed by atoms with Crippen molar-refractivity contribution in [1.29, 1.82) is 0 Å². The van der Waals surface area contributed by atoms with Crippen LogP contribution in [0.5, 0.6) is 0 Å². The number of thiazole rings is 1. The highest BCUT2D eigenvalue weighted by atomic mass is 32.1. The quantitative estimate of drug-likeness (QED) is 0.807. The standard InChI is InChI=1S/C13H22N4O2S/c1-2-19-10-3-4-14-12(18)16-6-8-17(9-7-16)13-15-5-11-20-13/h5,11H,2-4,6-10H2,1H3,(H,14,18). The molecule has 0 spiro atoms. The molecule has 0 radical (unpaired) electrons. The summed E-state index contributed by atoms with van der Waals surface area (Å²) >= 11 is 1.64. The number of piperazine rings is 1. The minimum Gasteiger partial charge on any atom is -0.382 e. The first-order valence-corrected chi connectivity index (χ1v) is 7.94. The van der Waals surface area contributed by atoms with Crippen LogP contribution in [0.2, 0.25) is 0 Å². The van der Waals surface area contributed by atoms with Crippen molar-refractivity contribution in [1.82, 2.24) is 15.2 Å². The predicted octanol–water partition coefficient (Wildman–Crippen LogP) is 1.40. The number of carbonyl (C=O) groups is 1. The van der Waals surface area contributed by atoms with Crippen LogP contribution in [0.15, 0.2) is 11.6 Å². The first kappa shape index (κ1) is 15.1. The fraction of sp³-hybridized carbons (Fsp3) is 0.692. The molecule has 112 valence electrons. The molecule has 1 fully saturated rings. The van der Waals surface area contributed by atoms with E-state index in [0.717, 1.165) is 44.3 Å². The zero-order valence-corrected chi connectivity index (χ0v) is 12.7. The molecule has 0 aromatic carbocycles. The Bertz CT molecular complexity index is 391. The number of aromatic nitrogens is 1. The molecule has 7 heteroatoms. The largest absolute Gasteiger partial charge is 0.382 e. The Kier molecular flexibility index (Phi) is 6.07. The molecular weight excluding hydrogens is 276 g/mol. The van der Waals surface area contributed by atoms with E-state index in [1.165, 1.54) is 0 Å². The van der Waals surface area contributed by atoms with Gasteiger partial charge in [-0.1, -0.05) is 0 Å². The van der Waals surface area contributed by atoms with Crippen molar-refractivity contribution < 1.29 is 9.53 Å². The third-order valence-corrected chi connectivity index (χ3v) is 4.03. The zero-order valence-electron chi connectivity index (χ0n) is 11.9. The molecule has 6 nitrogen and oxygen atoms in total. The van der Waals surface area contributed by atoms with Gasteiger partial charge in [-0.25, -0.2) is 9.78 Å². The summed E-state index contributed by atoms with van der Waals surface area (Å²) in [6.07, 6.45) is 2.68. The molecule has 0 unspecified atom stereocenters. The van der Waals surface area contributed by atoms with Crippen molar-refractivity contribution in [3.8, 4) is 0 Å². The van der Waals surface area contributed by atoms with Crippen LogP contribution in [0.25, 0.3) is 0 Å². The average molecular weight is 298 g/mol. The van der Waals surface area contributed by atoms with E-state index >= 15 is 0 Å². The van der Waals surface area contributed by atoms with Gasteiger partial charge in [0.05, 0.1) is 0 Å². The molecule has 1 aliphatic rings. The second-order valence-electron chi connectivity index (χ2n) is 4.57. The molecule has 1 aliphatic heterocycles. The van der Waals surface area contributed by atoms with Crippen LogP contribution in [-0.2, 0) is 4.74 Å². The summed E-state index contributed by atoms with van der Waals surface area (Å²) in [7, 11) is 0. The molecule has 2 amide bonds. The Morgan fingerprint density at radius 2 is 2.25 bits per heavy atom. The van der Waals surface area contributed by atoms with E-state index in [1.54, 1.807) is 11.3 Å². The maximum atomic E-state index is 12.0. The van der Waals surface area contributed by atoms with Gasteiger partial charge < -0.3 is 19.9 Å². The summed E-state index contributed by atoms with van der Waals surface area (Å²) < 4.78 is 5.24.